The standard InChI is InChI=1S/C17H24N2O3/c1-13-11-14(4-5-16(13)20)17(21)19-6-2-3-15(12-19)18-7-9-22-10-8-18/h4-5,11,15,20H,2-3,6-10,12H2,1H3/t15-/m1/s1. The number of carbonyl (C=O) groups excluding carboxylic acids is 1. The van der Waals surface area contributed by atoms with Crippen LogP contribution in [0.15, 0.2) is 18.2 Å². The number of phenols is 1. The van der Waals surface area contributed by atoms with Gasteiger partial charge in [0.15, 0.2) is 0 Å². The van der Waals surface area contributed by atoms with Gasteiger partial charge in [0.05, 0.1) is 13.2 Å². The van der Waals surface area contributed by atoms with Gasteiger partial charge in [-0.1, -0.05) is 0 Å². The number of nitrogens with zero attached hydrogens (tertiary/aromatic N) is 2. The molecule has 0 aromatic heterocycles. The predicted octanol–water partition coefficient (Wildman–Crippen LogP) is 1.64. The lowest BCUT2D eigenvalue weighted by Crippen LogP contribution is -2.52. The summed E-state index contributed by atoms with van der Waals surface area (Å²) in [5.74, 6) is 0.308. The minimum absolute atomic E-state index is 0.0704. The molecule has 2 aliphatic rings. The van der Waals surface area contributed by atoms with Gasteiger partial charge in [0.25, 0.3) is 5.91 Å². The van der Waals surface area contributed by atoms with Crippen LogP contribution in [0.25, 0.3) is 0 Å². The van der Waals surface area contributed by atoms with Gasteiger partial charge in [0, 0.05) is 37.8 Å². The molecule has 0 aliphatic carbocycles. The van der Waals surface area contributed by atoms with Crippen LogP contribution in [0.3, 0.4) is 0 Å². The summed E-state index contributed by atoms with van der Waals surface area (Å²) in [6, 6.07) is 5.53. The molecule has 1 amide bonds. The number of ether oxygens (including phenoxy) is 1. The van der Waals surface area contributed by atoms with Crippen LogP contribution in [0.2, 0.25) is 0 Å². The van der Waals surface area contributed by atoms with Gasteiger partial charge in [-0.05, 0) is 43.5 Å². The van der Waals surface area contributed by atoms with E-state index in [1.807, 2.05) is 11.8 Å². The Kier molecular flexibility index (Phi) is 4.64. The Morgan fingerprint density at radius 1 is 1.27 bits per heavy atom. The maximum Gasteiger partial charge on any atom is 0.253 e. The fraction of sp³-hybridized carbons (Fsp3) is 0.588. The van der Waals surface area contributed by atoms with E-state index in [1.54, 1.807) is 18.2 Å². The second kappa shape index (κ2) is 6.67. The van der Waals surface area contributed by atoms with Crippen LogP contribution in [0.5, 0.6) is 5.75 Å². The minimum atomic E-state index is 0.0704. The third-order valence-electron chi connectivity index (χ3n) is 4.69. The average Bonchev–Trinajstić information content (AvgIpc) is 2.57. The Morgan fingerprint density at radius 2 is 2.05 bits per heavy atom. The van der Waals surface area contributed by atoms with E-state index in [0.717, 1.165) is 57.8 Å². The van der Waals surface area contributed by atoms with E-state index < -0.39 is 0 Å². The normalized spacial score (nSPS) is 23.5. The number of aromatic hydroxyl groups is 1. The molecule has 5 nitrogen and oxygen atoms in total. The number of amides is 1. The molecule has 2 aliphatic heterocycles. The first-order chi connectivity index (χ1) is 10.6. The SMILES string of the molecule is Cc1cc(C(=O)N2CCC[C@@H](N3CCOCC3)C2)ccc1O. The van der Waals surface area contributed by atoms with Crippen molar-refractivity contribution >= 4 is 5.91 Å². The predicted molar refractivity (Wildman–Crippen MR) is 84.2 cm³/mol. The van der Waals surface area contributed by atoms with E-state index in [2.05, 4.69) is 4.90 Å². The fourth-order valence-electron chi connectivity index (χ4n) is 3.35. The van der Waals surface area contributed by atoms with Crippen molar-refractivity contribution in [3.05, 3.63) is 29.3 Å². The van der Waals surface area contributed by atoms with Crippen molar-refractivity contribution in [2.24, 2.45) is 0 Å². The van der Waals surface area contributed by atoms with Crippen molar-refractivity contribution in [3.63, 3.8) is 0 Å². The number of rotatable bonds is 2. The summed E-state index contributed by atoms with van der Waals surface area (Å²) in [5, 5.41) is 9.60. The Labute approximate surface area is 131 Å². The zero-order valence-electron chi connectivity index (χ0n) is 13.1. The molecule has 1 aromatic rings. The zero-order valence-corrected chi connectivity index (χ0v) is 13.1. The molecule has 0 radical (unpaired) electrons. The lowest BCUT2D eigenvalue weighted by molar-refractivity contribution is -0.00120. The molecule has 120 valence electrons. The van der Waals surface area contributed by atoms with Crippen molar-refractivity contribution in [2.75, 3.05) is 39.4 Å². The molecular formula is C17H24N2O3. The number of carbonyl (C=O) groups is 1. The fourth-order valence-corrected chi connectivity index (χ4v) is 3.35. The van der Waals surface area contributed by atoms with Crippen molar-refractivity contribution in [2.45, 2.75) is 25.8 Å². The number of piperidine rings is 1. The molecule has 0 unspecified atom stereocenters. The van der Waals surface area contributed by atoms with Crippen molar-refractivity contribution in [1.82, 2.24) is 9.80 Å². The number of morpholine rings is 1. The van der Waals surface area contributed by atoms with E-state index in [1.165, 1.54) is 0 Å². The summed E-state index contributed by atoms with van der Waals surface area (Å²) in [4.78, 5) is 17.1. The topological polar surface area (TPSA) is 53.0 Å². The highest BCUT2D eigenvalue weighted by Gasteiger charge is 2.29. The van der Waals surface area contributed by atoms with Gasteiger partial charge in [-0.2, -0.15) is 0 Å². The Balaban J connectivity index is 1.68. The van der Waals surface area contributed by atoms with Gasteiger partial charge in [-0.3, -0.25) is 9.69 Å². The summed E-state index contributed by atoms with van der Waals surface area (Å²) >= 11 is 0. The lowest BCUT2D eigenvalue weighted by atomic mass is 10.0. The van der Waals surface area contributed by atoms with E-state index in [9.17, 15) is 9.90 Å². The van der Waals surface area contributed by atoms with E-state index in [-0.39, 0.29) is 11.7 Å². The Bertz CT molecular complexity index is 541. The highest BCUT2D eigenvalue weighted by molar-refractivity contribution is 5.94. The quantitative estimate of drug-likeness (QED) is 0.902. The first kappa shape index (κ1) is 15.3. The van der Waals surface area contributed by atoms with Crippen LogP contribution >= 0.6 is 0 Å². The second-order valence-electron chi connectivity index (χ2n) is 6.20. The molecule has 3 rings (SSSR count). The highest BCUT2D eigenvalue weighted by atomic mass is 16.5. The summed E-state index contributed by atoms with van der Waals surface area (Å²) in [6.45, 7) is 6.94. The van der Waals surface area contributed by atoms with E-state index in [4.69, 9.17) is 4.74 Å². The summed E-state index contributed by atoms with van der Waals surface area (Å²) in [5.41, 5.74) is 1.41. The number of benzene rings is 1. The number of hydrogen-bond donors (Lipinski definition) is 1. The molecule has 0 spiro atoms. The molecular weight excluding hydrogens is 280 g/mol. The van der Waals surface area contributed by atoms with E-state index in [0.29, 0.717) is 11.6 Å². The molecule has 2 heterocycles. The lowest BCUT2D eigenvalue weighted by Gasteiger charge is -2.40. The molecule has 1 atom stereocenters. The van der Waals surface area contributed by atoms with Crippen LogP contribution < -0.4 is 0 Å². The van der Waals surface area contributed by atoms with Gasteiger partial charge in [-0.15, -0.1) is 0 Å². The minimum Gasteiger partial charge on any atom is -0.508 e. The Morgan fingerprint density at radius 3 is 2.77 bits per heavy atom. The molecule has 2 saturated heterocycles. The molecule has 0 saturated carbocycles. The monoisotopic (exact) mass is 304 g/mol. The largest absolute Gasteiger partial charge is 0.508 e. The summed E-state index contributed by atoms with van der Waals surface area (Å²) in [7, 11) is 0. The molecule has 22 heavy (non-hydrogen) atoms. The van der Waals surface area contributed by atoms with Crippen LogP contribution in [-0.2, 0) is 4.74 Å². The van der Waals surface area contributed by atoms with Gasteiger partial charge in [0.1, 0.15) is 5.75 Å². The average molecular weight is 304 g/mol. The molecule has 0 bridgehead atoms. The number of hydrogen-bond acceptors (Lipinski definition) is 4. The second-order valence-corrected chi connectivity index (χ2v) is 6.20. The van der Waals surface area contributed by atoms with E-state index >= 15 is 0 Å². The van der Waals surface area contributed by atoms with Crippen molar-refractivity contribution in [3.8, 4) is 5.75 Å². The van der Waals surface area contributed by atoms with Crippen LogP contribution in [-0.4, -0.2) is 66.2 Å². The van der Waals surface area contributed by atoms with Gasteiger partial charge in [0.2, 0.25) is 0 Å². The Hall–Kier alpha value is -1.59. The van der Waals surface area contributed by atoms with Crippen LogP contribution in [0.1, 0.15) is 28.8 Å². The molecule has 1 N–H and O–H groups in total. The first-order valence-electron chi connectivity index (χ1n) is 8.06. The molecule has 2 fully saturated rings. The van der Waals surface area contributed by atoms with Gasteiger partial charge >= 0.3 is 0 Å². The van der Waals surface area contributed by atoms with Crippen molar-refractivity contribution in [1.29, 1.82) is 0 Å². The maximum absolute atomic E-state index is 12.7. The highest BCUT2D eigenvalue weighted by Crippen LogP contribution is 2.22. The van der Waals surface area contributed by atoms with Gasteiger partial charge in [-0.25, -0.2) is 0 Å². The van der Waals surface area contributed by atoms with Crippen molar-refractivity contribution < 1.29 is 14.6 Å². The number of likely N-dealkylation sites (tertiary alicyclic amines) is 1. The number of aryl methyl sites for hydroxylation is 1. The third kappa shape index (κ3) is 3.25. The summed E-state index contributed by atoms with van der Waals surface area (Å²) < 4.78 is 5.41. The third-order valence-corrected chi connectivity index (χ3v) is 4.69. The van der Waals surface area contributed by atoms with Gasteiger partial charge < -0.3 is 14.7 Å². The zero-order chi connectivity index (χ0) is 15.5. The maximum atomic E-state index is 12.7. The smallest absolute Gasteiger partial charge is 0.253 e. The number of phenolic OH excluding ortho intramolecular Hbond substituents is 1. The molecule has 5 heteroatoms. The summed E-state index contributed by atoms with van der Waals surface area (Å²) in [6.07, 6.45) is 2.20. The van der Waals surface area contributed by atoms with Crippen LogP contribution in [0.4, 0.5) is 0 Å². The van der Waals surface area contributed by atoms with Crippen LogP contribution in [0, 0.1) is 6.92 Å². The first-order valence-corrected chi connectivity index (χ1v) is 8.06. The molecule has 1 aromatic carbocycles.